The molecule has 0 unspecified atom stereocenters. The average Bonchev–Trinajstić information content (AvgIpc) is 2.52. The largest absolute Gasteiger partial charge is 0.337 e. The molecule has 104 valence electrons. The molecule has 0 saturated carbocycles. The first kappa shape index (κ1) is 13.3. The summed E-state index contributed by atoms with van der Waals surface area (Å²) in [4.78, 5) is 1.70. The number of aryl methyl sites for hydroxylation is 1. The molecule has 2 aromatic carbocycles. The summed E-state index contributed by atoms with van der Waals surface area (Å²) in [6.07, 6.45) is 0. The molecule has 0 spiro atoms. The highest BCUT2D eigenvalue weighted by Crippen LogP contribution is 2.19. The first-order valence-corrected chi connectivity index (χ1v) is 7.62. The van der Waals surface area contributed by atoms with Crippen LogP contribution >= 0.6 is 0 Å². The van der Waals surface area contributed by atoms with Gasteiger partial charge in [-0.15, -0.1) is 0 Å². The fourth-order valence-corrected chi connectivity index (χ4v) is 3.20. The number of quaternary nitrogens is 2. The quantitative estimate of drug-likeness (QED) is 0.811. The van der Waals surface area contributed by atoms with E-state index in [1.165, 1.54) is 42.9 Å². The molecular weight excluding hydrogens is 244 g/mol. The zero-order valence-corrected chi connectivity index (χ0v) is 12.2. The Morgan fingerprint density at radius 3 is 2.10 bits per heavy atom. The lowest BCUT2D eigenvalue weighted by atomic mass is 9.96. The van der Waals surface area contributed by atoms with Crippen molar-refractivity contribution >= 4 is 0 Å². The molecule has 20 heavy (non-hydrogen) atoms. The number of piperazine rings is 1. The Bertz CT molecular complexity index is 527. The number of hydrogen-bond donors (Lipinski definition) is 2. The van der Waals surface area contributed by atoms with Gasteiger partial charge in [0.15, 0.2) is 0 Å². The highest BCUT2D eigenvalue weighted by Gasteiger charge is 2.28. The predicted molar refractivity (Wildman–Crippen MR) is 81.8 cm³/mol. The molecule has 2 heteroatoms. The standard InChI is InChI=1S/C18H22N2/c1-15-7-9-17(10-8-15)18(16-5-3-2-4-6-16)20-13-11-19-12-14-20/h2-10,18-19H,11-14H2,1H3/p+2/t18-/m1/s1. The van der Waals surface area contributed by atoms with Gasteiger partial charge in [-0.05, 0) is 6.92 Å². The van der Waals surface area contributed by atoms with Gasteiger partial charge >= 0.3 is 0 Å². The van der Waals surface area contributed by atoms with Crippen molar-refractivity contribution in [3.63, 3.8) is 0 Å². The van der Waals surface area contributed by atoms with E-state index < -0.39 is 0 Å². The molecule has 1 heterocycles. The summed E-state index contributed by atoms with van der Waals surface area (Å²) in [6, 6.07) is 20.5. The molecule has 2 nitrogen and oxygen atoms in total. The number of rotatable bonds is 3. The molecule has 3 rings (SSSR count). The number of benzene rings is 2. The number of hydrogen-bond acceptors (Lipinski definition) is 0. The third kappa shape index (κ3) is 2.92. The summed E-state index contributed by atoms with van der Waals surface area (Å²) in [5.41, 5.74) is 4.22. The fourth-order valence-electron chi connectivity index (χ4n) is 3.20. The molecule has 1 fully saturated rings. The van der Waals surface area contributed by atoms with Crippen molar-refractivity contribution < 1.29 is 10.2 Å². The van der Waals surface area contributed by atoms with Crippen LogP contribution in [0.15, 0.2) is 54.6 Å². The van der Waals surface area contributed by atoms with Gasteiger partial charge in [-0.25, -0.2) is 0 Å². The normalized spacial score (nSPS) is 17.9. The van der Waals surface area contributed by atoms with Gasteiger partial charge in [0.2, 0.25) is 0 Å². The second-order valence-electron chi connectivity index (χ2n) is 5.78. The van der Waals surface area contributed by atoms with E-state index in [1.54, 1.807) is 4.90 Å². The van der Waals surface area contributed by atoms with E-state index in [9.17, 15) is 0 Å². The molecule has 1 saturated heterocycles. The van der Waals surface area contributed by atoms with Crippen LogP contribution in [0.4, 0.5) is 0 Å². The molecule has 0 aromatic heterocycles. The minimum absolute atomic E-state index is 0.477. The van der Waals surface area contributed by atoms with Crippen molar-refractivity contribution in [3.05, 3.63) is 71.3 Å². The van der Waals surface area contributed by atoms with E-state index in [4.69, 9.17) is 0 Å². The van der Waals surface area contributed by atoms with Gasteiger partial charge in [0.05, 0.1) is 0 Å². The maximum absolute atomic E-state index is 2.43. The van der Waals surface area contributed by atoms with E-state index in [-0.39, 0.29) is 0 Å². The molecular formula is C18H24N2+2. The van der Waals surface area contributed by atoms with Crippen molar-refractivity contribution in [2.45, 2.75) is 13.0 Å². The lowest BCUT2D eigenvalue weighted by Gasteiger charge is -2.31. The van der Waals surface area contributed by atoms with Gasteiger partial charge in [0.1, 0.15) is 32.2 Å². The van der Waals surface area contributed by atoms with Crippen LogP contribution in [0.2, 0.25) is 0 Å². The Morgan fingerprint density at radius 2 is 1.45 bits per heavy atom. The summed E-state index contributed by atoms with van der Waals surface area (Å²) in [7, 11) is 0. The highest BCUT2D eigenvalue weighted by atomic mass is 15.2. The van der Waals surface area contributed by atoms with Crippen LogP contribution in [0.1, 0.15) is 22.7 Å². The topological polar surface area (TPSA) is 21.1 Å². The van der Waals surface area contributed by atoms with Crippen molar-refractivity contribution in [1.82, 2.24) is 0 Å². The van der Waals surface area contributed by atoms with Crippen molar-refractivity contribution in [3.8, 4) is 0 Å². The Morgan fingerprint density at radius 1 is 0.850 bits per heavy atom. The Kier molecular flexibility index (Phi) is 4.14. The van der Waals surface area contributed by atoms with Crippen LogP contribution in [0.3, 0.4) is 0 Å². The highest BCUT2D eigenvalue weighted by molar-refractivity contribution is 5.31. The van der Waals surface area contributed by atoms with Gasteiger partial charge in [0.25, 0.3) is 0 Å². The van der Waals surface area contributed by atoms with E-state index >= 15 is 0 Å². The van der Waals surface area contributed by atoms with Gasteiger partial charge in [-0.3, -0.25) is 0 Å². The average molecular weight is 268 g/mol. The van der Waals surface area contributed by atoms with Crippen molar-refractivity contribution in [1.29, 1.82) is 0 Å². The molecule has 2 aromatic rings. The van der Waals surface area contributed by atoms with E-state index in [1.807, 2.05) is 0 Å². The summed E-state index contributed by atoms with van der Waals surface area (Å²) in [5, 5.41) is 2.43. The lowest BCUT2D eigenvalue weighted by Crippen LogP contribution is -3.20. The van der Waals surface area contributed by atoms with Crippen LogP contribution in [0.25, 0.3) is 0 Å². The molecule has 0 radical (unpaired) electrons. The van der Waals surface area contributed by atoms with Gasteiger partial charge in [-0.2, -0.15) is 0 Å². The predicted octanol–water partition coefficient (Wildman–Crippen LogP) is 0.546. The molecule has 0 aliphatic carbocycles. The lowest BCUT2D eigenvalue weighted by molar-refractivity contribution is -0.967. The van der Waals surface area contributed by atoms with Crippen LogP contribution in [-0.4, -0.2) is 26.2 Å². The molecule has 1 aliphatic heterocycles. The van der Waals surface area contributed by atoms with Crippen LogP contribution in [0, 0.1) is 6.92 Å². The van der Waals surface area contributed by atoms with Crippen LogP contribution < -0.4 is 10.2 Å². The summed E-state index contributed by atoms with van der Waals surface area (Å²) >= 11 is 0. The third-order valence-electron chi connectivity index (χ3n) is 4.29. The first-order chi connectivity index (χ1) is 9.84. The molecule has 1 atom stereocenters. The molecule has 0 bridgehead atoms. The fraction of sp³-hybridized carbons (Fsp3) is 0.333. The second-order valence-corrected chi connectivity index (χ2v) is 5.78. The first-order valence-electron chi connectivity index (χ1n) is 7.62. The summed E-state index contributed by atoms with van der Waals surface area (Å²) in [6.45, 7) is 7.12. The Hall–Kier alpha value is -1.64. The molecule has 3 N–H and O–H groups in total. The molecule has 0 amide bonds. The van der Waals surface area contributed by atoms with E-state index in [0.717, 1.165) is 0 Å². The Labute approximate surface area is 121 Å². The van der Waals surface area contributed by atoms with Crippen LogP contribution in [0.5, 0.6) is 0 Å². The molecule has 1 aliphatic rings. The van der Waals surface area contributed by atoms with Gasteiger partial charge in [0, 0.05) is 11.1 Å². The van der Waals surface area contributed by atoms with Crippen LogP contribution in [-0.2, 0) is 0 Å². The van der Waals surface area contributed by atoms with Gasteiger partial charge < -0.3 is 10.2 Å². The minimum Gasteiger partial charge on any atom is -0.337 e. The Balaban J connectivity index is 1.96. The number of nitrogens with two attached hydrogens (primary N) is 1. The second kappa shape index (κ2) is 6.21. The number of nitrogens with one attached hydrogen (secondary N) is 1. The maximum Gasteiger partial charge on any atom is 0.139 e. The maximum atomic E-state index is 2.43. The summed E-state index contributed by atoms with van der Waals surface area (Å²) in [5.74, 6) is 0. The zero-order valence-electron chi connectivity index (χ0n) is 12.2. The van der Waals surface area contributed by atoms with Crippen molar-refractivity contribution in [2.75, 3.05) is 26.2 Å². The smallest absolute Gasteiger partial charge is 0.139 e. The van der Waals surface area contributed by atoms with E-state index in [0.29, 0.717) is 6.04 Å². The van der Waals surface area contributed by atoms with Crippen molar-refractivity contribution in [2.24, 2.45) is 0 Å². The zero-order chi connectivity index (χ0) is 13.8. The van der Waals surface area contributed by atoms with E-state index in [2.05, 4.69) is 66.8 Å². The van der Waals surface area contributed by atoms with Gasteiger partial charge in [-0.1, -0.05) is 60.2 Å². The summed E-state index contributed by atoms with van der Waals surface area (Å²) < 4.78 is 0. The third-order valence-corrected chi connectivity index (χ3v) is 4.29. The monoisotopic (exact) mass is 268 g/mol. The SMILES string of the molecule is Cc1ccc([C@@H](c2ccccc2)[NH+]2CC[NH2+]CC2)cc1. The minimum atomic E-state index is 0.477.